The monoisotopic (exact) mass is 226 g/mol. The van der Waals surface area contributed by atoms with Gasteiger partial charge in [0, 0.05) is 19.7 Å². The lowest BCUT2D eigenvalue weighted by Gasteiger charge is -2.26. The Hall–Kier alpha value is -0.610. The zero-order chi connectivity index (χ0) is 11.4. The minimum atomic E-state index is 0.210. The molecule has 4 heteroatoms. The molecule has 2 aliphatic heterocycles. The van der Waals surface area contributed by atoms with E-state index in [1.807, 2.05) is 11.8 Å². The van der Waals surface area contributed by atoms with Crippen LogP contribution in [0.5, 0.6) is 0 Å². The van der Waals surface area contributed by atoms with Gasteiger partial charge in [-0.25, -0.2) is 0 Å². The predicted octanol–water partition coefficient (Wildman–Crippen LogP) is 0.623. The van der Waals surface area contributed by atoms with E-state index in [9.17, 15) is 4.79 Å². The molecule has 2 aliphatic rings. The second kappa shape index (κ2) is 5.64. The SMILES string of the molecule is CCOCC1CCCN1C(=O)C1CCNC1. The third kappa shape index (κ3) is 2.55. The van der Waals surface area contributed by atoms with Gasteiger partial charge in [-0.2, -0.15) is 0 Å². The Bertz CT molecular complexity index is 239. The number of nitrogens with zero attached hydrogens (tertiary/aromatic N) is 1. The first-order chi connectivity index (χ1) is 7.83. The molecule has 0 aromatic carbocycles. The standard InChI is InChI=1S/C12H22N2O2/c1-2-16-9-11-4-3-7-14(11)12(15)10-5-6-13-8-10/h10-11,13H,2-9H2,1H3. The van der Waals surface area contributed by atoms with Gasteiger partial charge in [0.2, 0.25) is 5.91 Å². The van der Waals surface area contributed by atoms with E-state index in [2.05, 4.69) is 5.32 Å². The maximum Gasteiger partial charge on any atom is 0.227 e. The molecule has 0 aromatic rings. The molecule has 2 rings (SSSR count). The minimum Gasteiger partial charge on any atom is -0.380 e. The van der Waals surface area contributed by atoms with Gasteiger partial charge in [-0.05, 0) is 32.7 Å². The lowest BCUT2D eigenvalue weighted by atomic mass is 10.1. The van der Waals surface area contributed by atoms with Crippen LogP contribution in [0, 0.1) is 5.92 Å². The highest BCUT2D eigenvalue weighted by Gasteiger charge is 2.34. The summed E-state index contributed by atoms with van der Waals surface area (Å²) in [4.78, 5) is 14.3. The molecule has 0 radical (unpaired) electrons. The van der Waals surface area contributed by atoms with Crippen molar-refractivity contribution in [3.63, 3.8) is 0 Å². The van der Waals surface area contributed by atoms with Gasteiger partial charge in [-0.3, -0.25) is 4.79 Å². The van der Waals surface area contributed by atoms with E-state index in [1.54, 1.807) is 0 Å². The fraction of sp³-hybridized carbons (Fsp3) is 0.917. The van der Waals surface area contributed by atoms with Crippen molar-refractivity contribution in [3.05, 3.63) is 0 Å². The van der Waals surface area contributed by atoms with Crippen LogP contribution < -0.4 is 5.32 Å². The summed E-state index contributed by atoms with van der Waals surface area (Å²) in [6.07, 6.45) is 3.23. The lowest BCUT2D eigenvalue weighted by molar-refractivity contribution is -0.136. The third-order valence-corrected chi connectivity index (χ3v) is 3.58. The highest BCUT2D eigenvalue weighted by atomic mass is 16.5. The Kier molecular flexibility index (Phi) is 4.18. The van der Waals surface area contributed by atoms with Crippen molar-refractivity contribution in [1.82, 2.24) is 10.2 Å². The van der Waals surface area contributed by atoms with Gasteiger partial charge in [0.25, 0.3) is 0 Å². The molecular weight excluding hydrogens is 204 g/mol. The molecule has 2 atom stereocenters. The summed E-state index contributed by atoms with van der Waals surface area (Å²) in [5.74, 6) is 0.550. The molecule has 0 saturated carbocycles. The molecule has 0 spiro atoms. The van der Waals surface area contributed by atoms with Crippen LogP contribution in [-0.2, 0) is 9.53 Å². The van der Waals surface area contributed by atoms with E-state index in [-0.39, 0.29) is 5.92 Å². The lowest BCUT2D eigenvalue weighted by Crippen LogP contribution is -2.42. The van der Waals surface area contributed by atoms with E-state index >= 15 is 0 Å². The molecule has 0 aliphatic carbocycles. The van der Waals surface area contributed by atoms with Crippen LogP contribution >= 0.6 is 0 Å². The quantitative estimate of drug-likeness (QED) is 0.764. The normalized spacial score (nSPS) is 29.9. The van der Waals surface area contributed by atoms with Crippen molar-refractivity contribution in [1.29, 1.82) is 0 Å². The van der Waals surface area contributed by atoms with E-state index in [1.165, 1.54) is 0 Å². The molecule has 4 nitrogen and oxygen atoms in total. The van der Waals surface area contributed by atoms with Crippen molar-refractivity contribution in [2.45, 2.75) is 32.2 Å². The molecule has 0 aromatic heterocycles. The molecule has 2 saturated heterocycles. The van der Waals surface area contributed by atoms with Crippen LogP contribution in [0.3, 0.4) is 0 Å². The van der Waals surface area contributed by atoms with Crippen molar-refractivity contribution < 1.29 is 9.53 Å². The number of nitrogens with one attached hydrogen (secondary N) is 1. The van der Waals surface area contributed by atoms with Gasteiger partial charge < -0.3 is 15.0 Å². The number of carbonyl (C=O) groups excluding carboxylic acids is 1. The molecule has 2 heterocycles. The van der Waals surface area contributed by atoms with E-state index in [0.29, 0.717) is 18.6 Å². The first-order valence-electron chi connectivity index (χ1n) is 6.42. The van der Waals surface area contributed by atoms with Gasteiger partial charge in [-0.1, -0.05) is 0 Å². The van der Waals surface area contributed by atoms with E-state index in [0.717, 1.165) is 45.5 Å². The van der Waals surface area contributed by atoms with Crippen LogP contribution in [0.25, 0.3) is 0 Å². The van der Waals surface area contributed by atoms with Gasteiger partial charge in [0.1, 0.15) is 0 Å². The number of likely N-dealkylation sites (tertiary alicyclic amines) is 1. The second-order valence-electron chi connectivity index (χ2n) is 4.68. The molecule has 2 fully saturated rings. The number of amides is 1. The van der Waals surface area contributed by atoms with Gasteiger partial charge in [-0.15, -0.1) is 0 Å². The first kappa shape index (κ1) is 11.9. The molecular formula is C12H22N2O2. The van der Waals surface area contributed by atoms with Gasteiger partial charge in [0.05, 0.1) is 18.6 Å². The van der Waals surface area contributed by atoms with Crippen molar-refractivity contribution in [2.24, 2.45) is 5.92 Å². The van der Waals surface area contributed by atoms with E-state index < -0.39 is 0 Å². The third-order valence-electron chi connectivity index (χ3n) is 3.58. The van der Waals surface area contributed by atoms with Crippen LogP contribution in [-0.4, -0.2) is 49.7 Å². The fourth-order valence-electron chi connectivity index (χ4n) is 2.65. The smallest absolute Gasteiger partial charge is 0.227 e. The van der Waals surface area contributed by atoms with Crippen LogP contribution in [0.2, 0.25) is 0 Å². The molecule has 2 unspecified atom stereocenters. The van der Waals surface area contributed by atoms with Crippen LogP contribution in [0.15, 0.2) is 0 Å². The highest BCUT2D eigenvalue weighted by Crippen LogP contribution is 2.22. The number of carbonyl (C=O) groups is 1. The Morgan fingerprint density at radius 2 is 2.38 bits per heavy atom. The topological polar surface area (TPSA) is 41.6 Å². The van der Waals surface area contributed by atoms with Gasteiger partial charge >= 0.3 is 0 Å². The Labute approximate surface area is 97.3 Å². The summed E-state index contributed by atoms with van der Waals surface area (Å²) < 4.78 is 5.45. The highest BCUT2D eigenvalue weighted by molar-refractivity contribution is 5.80. The number of ether oxygens (including phenoxy) is 1. The van der Waals surface area contributed by atoms with Crippen molar-refractivity contribution in [2.75, 3.05) is 32.8 Å². The van der Waals surface area contributed by atoms with Crippen molar-refractivity contribution >= 4 is 5.91 Å². The summed E-state index contributed by atoms with van der Waals surface area (Å²) in [6, 6.07) is 0.327. The van der Waals surface area contributed by atoms with Crippen LogP contribution in [0.4, 0.5) is 0 Å². The summed E-state index contributed by atoms with van der Waals surface area (Å²) >= 11 is 0. The maximum absolute atomic E-state index is 12.3. The number of hydrogen-bond donors (Lipinski definition) is 1. The first-order valence-corrected chi connectivity index (χ1v) is 6.42. The zero-order valence-corrected chi connectivity index (χ0v) is 10.1. The minimum absolute atomic E-state index is 0.210. The Morgan fingerprint density at radius 1 is 1.50 bits per heavy atom. The zero-order valence-electron chi connectivity index (χ0n) is 10.1. The Balaban J connectivity index is 1.88. The molecule has 1 N–H and O–H groups in total. The van der Waals surface area contributed by atoms with Gasteiger partial charge in [0.15, 0.2) is 0 Å². The number of hydrogen-bond acceptors (Lipinski definition) is 3. The summed E-state index contributed by atoms with van der Waals surface area (Å²) in [5, 5.41) is 3.26. The fourth-order valence-corrected chi connectivity index (χ4v) is 2.65. The Morgan fingerprint density at radius 3 is 3.06 bits per heavy atom. The molecule has 92 valence electrons. The predicted molar refractivity (Wildman–Crippen MR) is 62.2 cm³/mol. The maximum atomic E-state index is 12.3. The average molecular weight is 226 g/mol. The molecule has 16 heavy (non-hydrogen) atoms. The van der Waals surface area contributed by atoms with Crippen LogP contribution in [0.1, 0.15) is 26.2 Å². The second-order valence-corrected chi connectivity index (χ2v) is 4.68. The summed E-state index contributed by atoms with van der Waals surface area (Å²) in [6.45, 7) is 6.22. The van der Waals surface area contributed by atoms with Crippen molar-refractivity contribution in [3.8, 4) is 0 Å². The van der Waals surface area contributed by atoms with E-state index in [4.69, 9.17) is 4.74 Å². The molecule has 1 amide bonds. The summed E-state index contributed by atoms with van der Waals surface area (Å²) in [7, 11) is 0. The summed E-state index contributed by atoms with van der Waals surface area (Å²) in [5.41, 5.74) is 0. The number of rotatable bonds is 4. The average Bonchev–Trinajstić information content (AvgIpc) is 2.96. The molecule has 0 bridgehead atoms. The largest absolute Gasteiger partial charge is 0.380 e.